The third-order valence-electron chi connectivity index (χ3n) is 6.44. The minimum Gasteiger partial charge on any atom is -0.497 e. The van der Waals surface area contributed by atoms with Crippen molar-refractivity contribution in [2.75, 3.05) is 53.1 Å². The van der Waals surface area contributed by atoms with Gasteiger partial charge < -0.3 is 23.5 Å². The van der Waals surface area contributed by atoms with Crippen molar-refractivity contribution in [3.63, 3.8) is 0 Å². The summed E-state index contributed by atoms with van der Waals surface area (Å²) in [6.07, 6.45) is 0. The Morgan fingerprint density at radius 3 is 2.44 bits per heavy atom. The van der Waals surface area contributed by atoms with Crippen molar-refractivity contribution in [2.24, 2.45) is 0 Å². The van der Waals surface area contributed by atoms with Crippen LogP contribution in [0.4, 0.5) is 0 Å². The number of nitrogens with zero attached hydrogens (tertiary/aromatic N) is 2. The number of benzene rings is 2. The molecule has 3 heterocycles. The van der Waals surface area contributed by atoms with Gasteiger partial charge in [0.15, 0.2) is 5.43 Å². The highest BCUT2D eigenvalue weighted by Gasteiger charge is 2.42. The number of hydrogen-bond donors (Lipinski definition) is 0. The molecule has 1 unspecified atom stereocenters. The summed E-state index contributed by atoms with van der Waals surface area (Å²) in [4.78, 5) is 31.2. The van der Waals surface area contributed by atoms with Crippen LogP contribution in [0.15, 0.2) is 51.7 Å². The zero-order valence-corrected chi connectivity index (χ0v) is 19.4. The lowest BCUT2D eigenvalue weighted by Gasteiger charge is -2.31. The summed E-state index contributed by atoms with van der Waals surface area (Å²) in [6.45, 7) is 6.67. The third kappa shape index (κ3) is 4.03. The molecule has 178 valence electrons. The lowest BCUT2D eigenvalue weighted by molar-refractivity contribution is 0.0314. The predicted molar refractivity (Wildman–Crippen MR) is 127 cm³/mol. The predicted octanol–water partition coefficient (Wildman–Crippen LogP) is 3.08. The molecule has 1 fully saturated rings. The lowest BCUT2D eigenvalue weighted by atomic mass is 9.98. The Labute approximate surface area is 197 Å². The molecule has 2 aromatic carbocycles. The maximum atomic E-state index is 13.6. The van der Waals surface area contributed by atoms with Gasteiger partial charge in [0.2, 0.25) is 5.76 Å². The minimum atomic E-state index is -0.526. The first-order chi connectivity index (χ1) is 16.6. The highest BCUT2D eigenvalue weighted by molar-refractivity contribution is 5.99. The molecule has 1 atom stereocenters. The van der Waals surface area contributed by atoms with Crippen molar-refractivity contribution in [1.82, 2.24) is 9.80 Å². The molecule has 1 aromatic heterocycles. The average molecular weight is 465 g/mol. The largest absolute Gasteiger partial charge is 0.497 e. The summed E-state index contributed by atoms with van der Waals surface area (Å²) >= 11 is 0. The standard InChI is InChI=1S/C26H28N2O6/c1-3-33-18-6-4-17(5-7-18)23-22-24(29)20-9-8-19(31-2)16-21(20)34-25(22)26(30)28(23)11-10-27-12-14-32-15-13-27/h4-9,16,23H,3,10-15H2,1-2H3. The van der Waals surface area contributed by atoms with E-state index in [0.717, 1.165) is 24.4 Å². The van der Waals surface area contributed by atoms with Gasteiger partial charge in [0.1, 0.15) is 17.1 Å². The van der Waals surface area contributed by atoms with E-state index in [9.17, 15) is 9.59 Å². The molecule has 8 nitrogen and oxygen atoms in total. The lowest BCUT2D eigenvalue weighted by Crippen LogP contribution is -2.42. The number of carbonyl (C=O) groups excluding carboxylic acids is 1. The number of fused-ring (bicyclic) bond motifs is 2. The summed E-state index contributed by atoms with van der Waals surface area (Å²) < 4.78 is 22.3. The van der Waals surface area contributed by atoms with E-state index in [1.54, 1.807) is 30.2 Å². The van der Waals surface area contributed by atoms with Crippen LogP contribution in [0, 0.1) is 0 Å². The maximum Gasteiger partial charge on any atom is 0.290 e. The summed E-state index contributed by atoms with van der Waals surface area (Å²) in [5, 5.41) is 0.429. The Bertz CT molecular complexity index is 1250. The van der Waals surface area contributed by atoms with Crippen LogP contribution in [0.1, 0.15) is 34.6 Å². The van der Waals surface area contributed by atoms with Crippen LogP contribution < -0.4 is 14.9 Å². The number of hydrogen-bond acceptors (Lipinski definition) is 7. The Morgan fingerprint density at radius 2 is 1.74 bits per heavy atom. The quantitative estimate of drug-likeness (QED) is 0.532. The maximum absolute atomic E-state index is 13.6. The minimum absolute atomic E-state index is 0.103. The van der Waals surface area contributed by atoms with E-state index < -0.39 is 6.04 Å². The van der Waals surface area contributed by atoms with Gasteiger partial charge in [-0.15, -0.1) is 0 Å². The summed E-state index contributed by atoms with van der Waals surface area (Å²) in [7, 11) is 1.55. The Kier molecular flexibility index (Phi) is 6.26. The first-order valence-corrected chi connectivity index (χ1v) is 11.6. The molecule has 34 heavy (non-hydrogen) atoms. The highest BCUT2D eigenvalue weighted by atomic mass is 16.5. The van der Waals surface area contributed by atoms with Gasteiger partial charge in [-0.3, -0.25) is 14.5 Å². The number of methoxy groups -OCH3 is 1. The Balaban J connectivity index is 1.58. The van der Waals surface area contributed by atoms with Crippen molar-refractivity contribution < 1.29 is 23.4 Å². The van der Waals surface area contributed by atoms with Crippen LogP contribution >= 0.6 is 0 Å². The van der Waals surface area contributed by atoms with E-state index in [4.69, 9.17) is 18.6 Å². The molecule has 1 amide bonds. The molecule has 0 spiro atoms. The van der Waals surface area contributed by atoms with E-state index >= 15 is 0 Å². The van der Waals surface area contributed by atoms with E-state index in [1.165, 1.54) is 0 Å². The molecular weight excluding hydrogens is 436 g/mol. The summed E-state index contributed by atoms with van der Waals surface area (Å²) in [5.41, 5.74) is 1.38. The second-order valence-electron chi connectivity index (χ2n) is 8.39. The van der Waals surface area contributed by atoms with Crippen molar-refractivity contribution in [1.29, 1.82) is 0 Å². The first-order valence-electron chi connectivity index (χ1n) is 11.6. The van der Waals surface area contributed by atoms with Crippen LogP contribution in [0.2, 0.25) is 0 Å². The van der Waals surface area contributed by atoms with Gasteiger partial charge in [-0.2, -0.15) is 0 Å². The Hall–Kier alpha value is -3.36. The van der Waals surface area contributed by atoms with Crippen LogP contribution in [0.5, 0.6) is 11.5 Å². The molecule has 0 radical (unpaired) electrons. The SMILES string of the molecule is CCOc1ccc(C2c3c(oc4cc(OC)ccc4c3=O)C(=O)N2CCN2CCOCC2)cc1. The summed E-state index contributed by atoms with van der Waals surface area (Å²) in [6, 6.07) is 12.1. The van der Waals surface area contributed by atoms with E-state index in [0.29, 0.717) is 55.2 Å². The van der Waals surface area contributed by atoms with E-state index in [2.05, 4.69) is 4.90 Å². The number of carbonyl (C=O) groups is 1. The Morgan fingerprint density at radius 1 is 1.00 bits per heavy atom. The van der Waals surface area contributed by atoms with Gasteiger partial charge in [-0.05, 0) is 36.8 Å². The molecule has 0 aliphatic carbocycles. The van der Waals surface area contributed by atoms with Gasteiger partial charge in [0, 0.05) is 32.2 Å². The molecular formula is C26H28N2O6. The second-order valence-corrected chi connectivity index (χ2v) is 8.39. The van der Waals surface area contributed by atoms with Crippen molar-refractivity contribution in [2.45, 2.75) is 13.0 Å². The fraction of sp³-hybridized carbons (Fsp3) is 0.385. The van der Waals surface area contributed by atoms with Gasteiger partial charge in [-0.1, -0.05) is 12.1 Å². The average Bonchev–Trinajstić information content (AvgIpc) is 3.15. The fourth-order valence-electron chi connectivity index (χ4n) is 4.69. The molecule has 3 aromatic rings. The molecule has 8 heteroatoms. The second kappa shape index (κ2) is 9.48. The van der Waals surface area contributed by atoms with E-state index in [-0.39, 0.29) is 17.1 Å². The van der Waals surface area contributed by atoms with Crippen LogP contribution in [-0.4, -0.2) is 68.8 Å². The molecule has 5 rings (SSSR count). The van der Waals surface area contributed by atoms with Gasteiger partial charge in [-0.25, -0.2) is 0 Å². The molecule has 1 saturated heterocycles. The van der Waals surface area contributed by atoms with Crippen LogP contribution in [0.25, 0.3) is 11.0 Å². The number of ether oxygens (including phenoxy) is 3. The monoisotopic (exact) mass is 464 g/mol. The molecule has 2 aliphatic heterocycles. The van der Waals surface area contributed by atoms with Gasteiger partial charge in [0.05, 0.1) is 43.9 Å². The fourth-order valence-corrected chi connectivity index (χ4v) is 4.69. The topological polar surface area (TPSA) is 81.5 Å². The molecule has 0 bridgehead atoms. The van der Waals surface area contributed by atoms with Crippen LogP contribution in [0.3, 0.4) is 0 Å². The first kappa shape index (κ1) is 22.4. The third-order valence-corrected chi connectivity index (χ3v) is 6.44. The van der Waals surface area contributed by atoms with Gasteiger partial charge in [0.25, 0.3) is 5.91 Å². The van der Waals surface area contributed by atoms with Crippen molar-refractivity contribution >= 4 is 16.9 Å². The van der Waals surface area contributed by atoms with E-state index in [1.807, 2.05) is 31.2 Å². The molecule has 2 aliphatic rings. The summed E-state index contributed by atoms with van der Waals surface area (Å²) in [5.74, 6) is 1.14. The normalized spacial score (nSPS) is 18.4. The van der Waals surface area contributed by atoms with Crippen molar-refractivity contribution in [3.8, 4) is 11.5 Å². The molecule has 0 N–H and O–H groups in total. The zero-order chi connectivity index (χ0) is 23.7. The zero-order valence-electron chi connectivity index (χ0n) is 19.4. The number of amides is 1. The van der Waals surface area contributed by atoms with Gasteiger partial charge >= 0.3 is 0 Å². The van der Waals surface area contributed by atoms with Crippen molar-refractivity contribution in [3.05, 3.63) is 69.6 Å². The number of morpholine rings is 1. The molecule has 0 saturated carbocycles. The van der Waals surface area contributed by atoms with Crippen LogP contribution in [-0.2, 0) is 4.74 Å². The highest BCUT2D eigenvalue weighted by Crippen LogP contribution is 2.38. The smallest absolute Gasteiger partial charge is 0.290 e. The number of rotatable bonds is 7.